The number of hydrogen-bond donors (Lipinski definition) is 3. The minimum Gasteiger partial charge on any atom is -0.382 e. The van der Waals surface area contributed by atoms with Crippen molar-refractivity contribution in [2.75, 3.05) is 38.7 Å². The standard InChI is InChI=1S/C24H38N4O3.HI/c1-3-30-15-13-24(11-4-5-12-24)18-27-23(25-2)26-17-19-8-6-9-20(16-19)28-22(29)21-10-7-14-31-21;/h6,8-9,16,21H,3-5,7,10-15,17-18H2,1-2H3,(H,28,29)(H2,25,26,27);1H. The van der Waals surface area contributed by atoms with Crippen LogP contribution in [0.3, 0.4) is 0 Å². The summed E-state index contributed by atoms with van der Waals surface area (Å²) < 4.78 is 11.1. The van der Waals surface area contributed by atoms with Gasteiger partial charge in [-0.3, -0.25) is 9.79 Å². The average Bonchev–Trinajstić information content (AvgIpc) is 3.47. The maximum absolute atomic E-state index is 12.3. The maximum Gasteiger partial charge on any atom is 0.253 e. The summed E-state index contributed by atoms with van der Waals surface area (Å²) in [4.78, 5) is 16.7. The van der Waals surface area contributed by atoms with Crippen molar-refractivity contribution in [3.63, 3.8) is 0 Å². The van der Waals surface area contributed by atoms with Crippen LogP contribution >= 0.6 is 24.0 Å². The van der Waals surface area contributed by atoms with Crippen molar-refractivity contribution in [2.45, 2.75) is 64.5 Å². The number of carbonyl (C=O) groups is 1. The Kier molecular flexibility index (Phi) is 11.7. The van der Waals surface area contributed by atoms with E-state index in [9.17, 15) is 4.79 Å². The number of aliphatic imine (C=N–C) groups is 1. The van der Waals surface area contributed by atoms with Gasteiger partial charge in [-0.25, -0.2) is 0 Å². The van der Waals surface area contributed by atoms with Crippen molar-refractivity contribution in [1.29, 1.82) is 0 Å². The lowest BCUT2D eigenvalue weighted by Crippen LogP contribution is -2.43. The Morgan fingerprint density at radius 3 is 2.75 bits per heavy atom. The molecule has 1 aliphatic heterocycles. The quantitative estimate of drug-likeness (QED) is 0.175. The number of rotatable bonds is 10. The van der Waals surface area contributed by atoms with E-state index in [1.807, 2.05) is 31.2 Å². The first-order chi connectivity index (χ1) is 15.1. The number of guanidine groups is 1. The molecule has 0 spiro atoms. The van der Waals surface area contributed by atoms with Gasteiger partial charge in [-0.05, 0) is 62.1 Å². The number of halogens is 1. The molecule has 180 valence electrons. The van der Waals surface area contributed by atoms with Crippen molar-refractivity contribution in [3.05, 3.63) is 29.8 Å². The van der Waals surface area contributed by atoms with Gasteiger partial charge < -0.3 is 25.4 Å². The van der Waals surface area contributed by atoms with E-state index in [1.54, 1.807) is 7.05 Å². The van der Waals surface area contributed by atoms with Gasteiger partial charge in [0.2, 0.25) is 0 Å². The highest BCUT2D eigenvalue weighted by atomic mass is 127. The van der Waals surface area contributed by atoms with E-state index < -0.39 is 0 Å². The second kappa shape index (κ2) is 14.0. The Hall–Kier alpha value is -1.39. The van der Waals surface area contributed by atoms with Gasteiger partial charge in [0, 0.05) is 45.6 Å². The van der Waals surface area contributed by atoms with Crippen LogP contribution in [0.15, 0.2) is 29.3 Å². The van der Waals surface area contributed by atoms with Gasteiger partial charge in [0.1, 0.15) is 6.10 Å². The maximum atomic E-state index is 12.3. The molecule has 0 aromatic heterocycles. The molecule has 1 atom stereocenters. The first kappa shape index (κ1) is 26.9. The minimum atomic E-state index is -0.324. The summed E-state index contributed by atoms with van der Waals surface area (Å²) in [5.41, 5.74) is 2.18. The van der Waals surface area contributed by atoms with Gasteiger partial charge in [0.25, 0.3) is 5.91 Å². The number of carbonyl (C=O) groups excluding carboxylic acids is 1. The lowest BCUT2D eigenvalue weighted by Gasteiger charge is -2.30. The fourth-order valence-electron chi connectivity index (χ4n) is 4.52. The van der Waals surface area contributed by atoms with Gasteiger partial charge in [-0.15, -0.1) is 24.0 Å². The van der Waals surface area contributed by atoms with Gasteiger partial charge >= 0.3 is 0 Å². The fraction of sp³-hybridized carbons (Fsp3) is 0.667. The molecule has 1 saturated heterocycles. The molecule has 1 unspecified atom stereocenters. The molecule has 1 heterocycles. The largest absolute Gasteiger partial charge is 0.382 e. The number of amides is 1. The summed E-state index contributed by atoms with van der Waals surface area (Å²) in [6, 6.07) is 7.90. The molecule has 32 heavy (non-hydrogen) atoms. The molecule has 2 fully saturated rings. The van der Waals surface area contributed by atoms with Crippen LogP contribution < -0.4 is 16.0 Å². The highest BCUT2D eigenvalue weighted by Crippen LogP contribution is 2.40. The highest BCUT2D eigenvalue weighted by Gasteiger charge is 2.33. The molecular formula is C24H39IN4O3. The molecule has 8 heteroatoms. The number of benzene rings is 1. The molecule has 0 radical (unpaired) electrons. The molecule has 1 aromatic carbocycles. The van der Waals surface area contributed by atoms with E-state index >= 15 is 0 Å². The summed E-state index contributed by atoms with van der Waals surface area (Å²) in [7, 11) is 1.80. The summed E-state index contributed by atoms with van der Waals surface area (Å²) >= 11 is 0. The van der Waals surface area contributed by atoms with Crippen molar-refractivity contribution in [2.24, 2.45) is 10.4 Å². The minimum absolute atomic E-state index is 0. The van der Waals surface area contributed by atoms with Crippen molar-refractivity contribution < 1.29 is 14.3 Å². The second-order valence-electron chi connectivity index (χ2n) is 8.62. The summed E-state index contributed by atoms with van der Waals surface area (Å²) in [6.45, 7) is 5.87. The van der Waals surface area contributed by atoms with E-state index in [4.69, 9.17) is 9.47 Å². The Labute approximate surface area is 209 Å². The number of nitrogens with one attached hydrogen (secondary N) is 3. The van der Waals surface area contributed by atoms with E-state index in [2.05, 4.69) is 20.9 Å². The summed E-state index contributed by atoms with van der Waals surface area (Å²) in [5.74, 6) is 0.741. The molecule has 3 rings (SSSR count). The summed E-state index contributed by atoms with van der Waals surface area (Å²) in [6.07, 6.45) is 7.59. The van der Waals surface area contributed by atoms with Crippen molar-refractivity contribution in [3.8, 4) is 0 Å². The van der Waals surface area contributed by atoms with Crippen LogP contribution in [0.4, 0.5) is 5.69 Å². The molecule has 1 aliphatic carbocycles. The molecular weight excluding hydrogens is 519 g/mol. The van der Waals surface area contributed by atoms with Crippen LogP contribution in [-0.2, 0) is 20.8 Å². The molecule has 1 aromatic rings. The van der Waals surface area contributed by atoms with Crippen LogP contribution in [0.2, 0.25) is 0 Å². The third-order valence-corrected chi connectivity index (χ3v) is 6.38. The van der Waals surface area contributed by atoms with Crippen LogP contribution in [0.1, 0.15) is 57.4 Å². The zero-order chi connectivity index (χ0) is 21.9. The Balaban J connectivity index is 0.00000363. The third-order valence-electron chi connectivity index (χ3n) is 6.38. The monoisotopic (exact) mass is 558 g/mol. The molecule has 1 saturated carbocycles. The normalized spacial score (nSPS) is 19.9. The van der Waals surface area contributed by atoms with Gasteiger partial charge in [-0.1, -0.05) is 25.0 Å². The second-order valence-corrected chi connectivity index (χ2v) is 8.62. The third kappa shape index (κ3) is 8.19. The van der Waals surface area contributed by atoms with Gasteiger partial charge in [0.15, 0.2) is 5.96 Å². The SMILES string of the molecule is CCOCCC1(CNC(=NC)NCc2cccc(NC(=O)C3CCCO3)c2)CCCC1.I. The van der Waals surface area contributed by atoms with E-state index in [0.717, 1.165) is 56.2 Å². The Morgan fingerprint density at radius 2 is 2.06 bits per heavy atom. The number of ether oxygens (including phenoxy) is 2. The number of anilines is 1. The predicted molar refractivity (Wildman–Crippen MR) is 140 cm³/mol. The average molecular weight is 559 g/mol. The van der Waals surface area contributed by atoms with Crippen LogP contribution in [-0.4, -0.2) is 51.4 Å². The lowest BCUT2D eigenvalue weighted by atomic mass is 9.83. The molecule has 1 amide bonds. The van der Waals surface area contributed by atoms with Crippen molar-refractivity contribution >= 4 is 41.5 Å². The number of hydrogen-bond acceptors (Lipinski definition) is 4. The van der Waals surface area contributed by atoms with Gasteiger partial charge in [0.05, 0.1) is 0 Å². The predicted octanol–water partition coefficient (Wildman–Crippen LogP) is 4.07. The van der Waals surface area contributed by atoms with Crippen molar-refractivity contribution in [1.82, 2.24) is 10.6 Å². The topological polar surface area (TPSA) is 84.0 Å². The summed E-state index contributed by atoms with van der Waals surface area (Å²) in [5, 5.41) is 9.90. The smallest absolute Gasteiger partial charge is 0.253 e. The van der Waals surface area contributed by atoms with Crippen LogP contribution in [0.5, 0.6) is 0 Å². The fourth-order valence-corrected chi connectivity index (χ4v) is 4.52. The van der Waals surface area contributed by atoms with Crippen LogP contribution in [0, 0.1) is 5.41 Å². The highest BCUT2D eigenvalue weighted by molar-refractivity contribution is 14.0. The molecule has 0 bridgehead atoms. The Morgan fingerprint density at radius 1 is 1.25 bits per heavy atom. The van der Waals surface area contributed by atoms with Gasteiger partial charge in [-0.2, -0.15) is 0 Å². The zero-order valence-electron chi connectivity index (χ0n) is 19.5. The first-order valence-electron chi connectivity index (χ1n) is 11.7. The van der Waals surface area contributed by atoms with Crippen LogP contribution in [0.25, 0.3) is 0 Å². The zero-order valence-corrected chi connectivity index (χ0v) is 21.8. The van der Waals surface area contributed by atoms with E-state index in [0.29, 0.717) is 18.6 Å². The molecule has 2 aliphatic rings. The lowest BCUT2D eigenvalue weighted by molar-refractivity contribution is -0.124. The first-order valence-corrected chi connectivity index (χ1v) is 11.7. The number of nitrogens with zero attached hydrogens (tertiary/aromatic N) is 1. The molecule has 3 N–H and O–H groups in total. The Bertz CT molecular complexity index is 732. The molecule has 7 nitrogen and oxygen atoms in total. The van der Waals surface area contributed by atoms with E-state index in [-0.39, 0.29) is 36.0 Å². The van der Waals surface area contributed by atoms with E-state index in [1.165, 1.54) is 25.7 Å².